The first-order valence-corrected chi connectivity index (χ1v) is 6.42. The average Bonchev–Trinajstić information content (AvgIpc) is 2.77. The highest BCUT2D eigenvalue weighted by atomic mass is 79.9. The molecule has 1 aromatic carbocycles. The van der Waals surface area contributed by atoms with E-state index in [1.807, 2.05) is 7.05 Å². The van der Waals surface area contributed by atoms with Gasteiger partial charge >= 0.3 is 5.97 Å². The first kappa shape index (κ1) is 13.7. The molecule has 2 rings (SSSR count). The third-order valence-electron chi connectivity index (χ3n) is 2.55. The molecule has 0 amide bonds. The number of nitrogens with one attached hydrogen (secondary N) is 1. The van der Waals surface area contributed by atoms with Crippen LogP contribution in [0, 0.1) is 0 Å². The molecule has 0 aliphatic heterocycles. The molecule has 0 unspecified atom stereocenters. The van der Waals surface area contributed by atoms with Crippen molar-refractivity contribution in [2.75, 3.05) is 0 Å². The van der Waals surface area contributed by atoms with E-state index in [0.29, 0.717) is 13.1 Å². The average molecular weight is 325 g/mol. The van der Waals surface area contributed by atoms with Gasteiger partial charge in [-0.1, -0.05) is 22.0 Å². The molecule has 0 fully saturated rings. The Morgan fingerprint density at radius 3 is 2.84 bits per heavy atom. The van der Waals surface area contributed by atoms with Gasteiger partial charge in [0.15, 0.2) is 5.82 Å². The van der Waals surface area contributed by atoms with Crippen molar-refractivity contribution in [1.29, 1.82) is 0 Å². The van der Waals surface area contributed by atoms with Crippen LogP contribution < -0.4 is 5.32 Å². The molecule has 2 aromatic rings. The van der Waals surface area contributed by atoms with Gasteiger partial charge in [0.05, 0.1) is 12.1 Å². The molecule has 19 heavy (non-hydrogen) atoms. The standard InChI is InChI=1S/C12H13BrN4O2/c1-17-7-15-11(16-17)6-14-5-9-3-2-8(12(18)19)4-10(9)13/h2-4,7,14H,5-6H2,1H3,(H,18,19). The molecule has 2 N–H and O–H groups in total. The van der Waals surface area contributed by atoms with E-state index in [-0.39, 0.29) is 5.56 Å². The van der Waals surface area contributed by atoms with Crippen LogP contribution in [0.3, 0.4) is 0 Å². The summed E-state index contributed by atoms with van der Waals surface area (Å²) in [6.07, 6.45) is 1.65. The van der Waals surface area contributed by atoms with Crippen LogP contribution in [0.4, 0.5) is 0 Å². The van der Waals surface area contributed by atoms with Crippen LogP contribution in [-0.4, -0.2) is 25.8 Å². The van der Waals surface area contributed by atoms with Gasteiger partial charge in [-0.2, -0.15) is 5.10 Å². The van der Waals surface area contributed by atoms with Crippen molar-refractivity contribution in [3.05, 3.63) is 46.0 Å². The minimum atomic E-state index is -0.933. The van der Waals surface area contributed by atoms with E-state index < -0.39 is 5.97 Å². The Morgan fingerprint density at radius 2 is 2.26 bits per heavy atom. The van der Waals surface area contributed by atoms with Gasteiger partial charge in [-0.05, 0) is 17.7 Å². The summed E-state index contributed by atoms with van der Waals surface area (Å²) < 4.78 is 2.42. The fourth-order valence-corrected chi connectivity index (χ4v) is 2.12. The number of rotatable bonds is 5. The largest absolute Gasteiger partial charge is 0.478 e. The second-order valence-electron chi connectivity index (χ2n) is 4.05. The number of aryl methyl sites for hydroxylation is 1. The molecule has 0 spiro atoms. The molecule has 100 valence electrons. The normalized spacial score (nSPS) is 10.6. The van der Waals surface area contributed by atoms with Crippen LogP contribution in [0.15, 0.2) is 29.0 Å². The van der Waals surface area contributed by atoms with Crippen molar-refractivity contribution < 1.29 is 9.90 Å². The lowest BCUT2D eigenvalue weighted by Crippen LogP contribution is -2.14. The van der Waals surface area contributed by atoms with Crippen molar-refractivity contribution in [2.45, 2.75) is 13.1 Å². The molecule has 0 aliphatic rings. The van der Waals surface area contributed by atoms with E-state index in [9.17, 15) is 4.79 Å². The van der Waals surface area contributed by atoms with Gasteiger partial charge in [-0.3, -0.25) is 4.68 Å². The summed E-state index contributed by atoms with van der Waals surface area (Å²) in [5, 5.41) is 16.2. The first-order valence-electron chi connectivity index (χ1n) is 5.63. The summed E-state index contributed by atoms with van der Waals surface area (Å²) in [5.41, 5.74) is 1.25. The van der Waals surface area contributed by atoms with Crippen molar-refractivity contribution in [3.8, 4) is 0 Å². The van der Waals surface area contributed by atoms with E-state index in [2.05, 4.69) is 31.3 Å². The Labute approximate surface area is 118 Å². The Bertz CT molecular complexity index is 597. The predicted octanol–water partition coefficient (Wildman–Crippen LogP) is 1.57. The topological polar surface area (TPSA) is 80.0 Å². The van der Waals surface area contributed by atoms with Crippen molar-refractivity contribution in [1.82, 2.24) is 20.1 Å². The number of aromatic nitrogens is 3. The smallest absolute Gasteiger partial charge is 0.335 e. The minimum Gasteiger partial charge on any atom is -0.478 e. The highest BCUT2D eigenvalue weighted by Crippen LogP contribution is 2.18. The van der Waals surface area contributed by atoms with E-state index in [0.717, 1.165) is 15.9 Å². The summed E-state index contributed by atoms with van der Waals surface area (Å²) >= 11 is 3.37. The van der Waals surface area contributed by atoms with Crippen molar-refractivity contribution >= 4 is 21.9 Å². The Morgan fingerprint density at radius 1 is 1.47 bits per heavy atom. The van der Waals surface area contributed by atoms with Gasteiger partial charge in [0.25, 0.3) is 0 Å². The highest BCUT2D eigenvalue weighted by Gasteiger charge is 2.06. The first-order chi connectivity index (χ1) is 9.06. The van der Waals surface area contributed by atoms with Gasteiger partial charge in [0.1, 0.15) is 6.33 Å². The summed E-state index contributed by atoms with van der Waals surface area (Å²) in [6.45, 7) is 1.17. The molecule has 0 atom stereocenters. The fraction of sp³-hybridized carbons (Fsp3) is 0.250. The van der Waals surface area contributed by atoms with Crippen LogP contribution >= 0.6 is 15.9 Å². The molecule has 0 bridgehead atoms. The maximum absolute atomic E-state index is 10.8. The van der Waals surface area contributed by atoms with Gasteiger partial charge in [0, 0.05) is 18.1 Å². The molecule has 0 saturated heterocycles. The molecule has 0 radical (unpaired) electrons. The predicted molar refractivity (Wildman–Crippen MR) is 72.6 cm³/mol. The zero-order valence-corrected chi connectivity index (χ0v) is 11.9. The molecular formula is C12H13BrN4O2. The maximum atomic E-state index is 10.8. The van der Waals surface area contributed by atoms with Crippen molar-refractivity contribution in [3.63, 3.8) is 0 Å². The maximum Gasteiger partial charge on any atom is 0.335 e. The number of benzene rings is 1. The van der Waals surface area contributed by atoms with Crippen LogP contribution in [0.2, 0.25) is 0 Å². The second kappa shape index (κ2) is 5.94. The number of aromatic carboxylic acids is 1. The van der Waals surface area contributed by atoms with Crippen LogP contribution in [-0.2, 0) is 20.1 Å². The zero-order chi connectivity index (χ0) is 13.8. The lowest BCUT2D eigenvalue weighted by atomic mass is 10.1. The highest BCUT2D eigenvalue weighted by molar-refractivity contribution is 9.10. The third-order valence-corrected chi connectivity index (χ3v) is 3.28. The SMILES string of the molecule is Cn1cnc(CNCc2ccc(C(=O)O)cc2Br)n1. The molecular weight excluding hydrogens is 312 g/mol. The molecule has 1 heterocycles. The van der Waals surface area contributed by atoms with E-state index in [1.54, 1.807) is 29.2 Å². The summed E-state index contributed by atoms with van der Waals surface area (Å²) in [5.74, 6) is -0.210. The Hall–Kier alpha value is -1.73. The number of carboxylic acid groups (broad SMARTS) is 1. The number of carboxylic acids is 1. The van der Waals surface area contributed by atoms with Gasteiger partial charge in [-0.25, -0.2) is 9.78 Å². The summed E-state index contributed by atoms with van der Waals surface area (Å²) in [6, 6.07) is 4.97. The molecule has 0 aliphatic carbocycles. The quantitative estimate of drug-likeness (QED) is 0.872. The van der Waals surface area contributed by atoms with Gasteiger partial charge in [0.2, 0.25) is 0 Å². The van der Waals surface area contributed by atoms with Crippen molar-refractivity contribution in [2.24, 2.45) is 7.05 Å². The lowest BCUT2D eigenvalue weighted by Gasteiger charge is -2.06. The number of carbonyl (C=O) groups is 1. The zero-order valence-electron chi connectivity index (χ0n) is 10.3. The van der Waals surface area contributed by atoms with Crippen LogP contribution in [0.1, 0.15) is 21.7 Å². The molecule has 7 heteroatoms. The van der Waals surface area contributed by atoms with Gasteiger partial charge in [-0.15, -0.1) is 0 Å². The van der Waals surface area contributed by atoms with Crippen LogP contribution in [0.5, 0.6) is 0 Å². The minimum absolute atomic E-state index is 0.266. The third kappa shape index (κ3) is 3.62. The lowest BCUT2D eigenvalue weighted by molar-refractivity contribution is 0.0697. The van der Waals surface area contributed by atoms with Crippen LogP contribution in [0.25, 0.3) is 0 Å². The molecule has 1 aromatic heterocycles. The summed E-state index contributed by atoms with van der Waals surface area (Å²) in [4.78, 5) is 14.9. The van der Waals surface area contributed by atoms with E-state index >= 15 is 0 Å². The number of nitrogens with zero attached hydrogens (tertiary/aromatic N) is 3. The van der Waals surface area contributed by atoms with E-state index in [1.165, 1.54) is 0 Å². The van der Waals surface area contributed by atoms with Gasteiger partial charge < -0.3 is 10.4 Å². The number of halogens is 1. The Kier molecular flexibility index (Phi) is 4.28. The molecule has 6 nitrogen and oxygen atoms in total. The number of hydrogen-bond donors (Lipinski definition) is 2. The monoisotopic (exact) mass is 324 g/mol. The van der Waals surface area contributed by atoms with E-state index in [4.69, 9.17) is 5.11 Å². The number of hydrogen-bond acceptors (Lipinski definition) is 4. The molecule has 0 saturated carbocycles. The Balaban J connectivity index is 1.94. The fourth-order valence-electron chi connectivity index (χ4n) is 1.60. The summed E-state index contributed by atoms with van der Waals surface area (Å²) in [7, 11) is 1.82. The second-order valence-corrected chi connectivity index (χ2v) is 4.90.